The van der Waals surface area contributed by atoms with Gasteiger partial charge in [0.05, 0.1) is 19.4 Å². The number of carbonyl (C=O) groups excluding carboxylic acids is 2. The highest BCUT2D eigenvalue weighted by molar-refractivity contribution is 6.31. The van der Waals surface area contributed by atoms with Gasteiger partial charge in [-0.05, 0) is 37.6 Å². The molecule has 0 fully saturated rings. The molecule has 7 nitrogen and oxygen atoms in total. The molecule has 0 saturated heterocycles. The summed E-state index contributed by atoms with van der Waals surface area (Å²) in [7, 11) is 1.47. The molecule has 2 aromatic rings. The Bertz CT molecular complexity index is 839. The van der Waals surface area contributed by atoms with Crippen LogP contribution in [0.5, 0.6) is 17.2 Å². The topological polar surface area (TPSA) is 83.1 Å². The van der Waals surface area contributed by atoms with E-state index in [1.807, 2.05) is 6.92 Å². The van der Waals surface area contributed by atoms with Crippen LogP contribution >= 0.6 is 11.6 Å². The molecule has 28 heavy (non-hydrogen) atoms. The second kappa shape index (κ2) is 10.4. The minimum atomic E-state index is -0.680. The van der Waals surface area contributed by atoms with Crippen LogP contribution in [0.15, 0.2) is 36.4 Å². The van der Waals surface area contributed by atoms with Crippen molar-refractivity contribution in [1.82, 2.24) is 0 Å². The highest BCUT2D eigenvalue weighted by Gasteiger charge is 2.13. The maximum absolute atomic E-state index is 12.1. The Hall–Kier alpha value is -2.93. The highest BCUT2D eigenvalue weighted by Crippen LogP contribution is 2.31. The average Bonchev–Trinajstić information content (AvgIpc) is 2.68. The van der Waals surface area contributed by atoms with Crippen molar-refractivity contribution >= 4 is 29.2 Å². The first-order valence-electron chi connectivity index (χ1n) is 8.58. The van der Waals surface area contributed by atoms with Crippen LogP contribution in [0.1, 0.15) is 12.5 Å². The first kappa shape index (κ1) is 21.4. The first-order valence-corrected chi connectivity index (χ1v) is 8.96. The summed E-state index contributed by atoms with van der Waals surface area (Å²) in [6.45, 7) is 3.31. The molecule has 0 atom stereocenters. The lowest BCUT2D eigenvalue weighted by atomic mass is 10.2. The van der Waals surface area contributed by atoms with Gasteiger partial charge in [-0.25, -0.2) is 4.79 Å². The van der Waals surface area contributed by atoms with E-state index in [4.69, 9.17) is 30.5 Å². The fourth-order valence-electron chi connectivity index (χ4n) is 2.28. The summed E-state index contributed by atoms with van der Waals surface area (Å²) in [4.78, 5) is 23.9. The van der Waals surface area contributed by atoms with Crippen molar-refractivity contribution in [3.8, 4) is 17.2 Å². The fraction of sp³-hybridized carbons (Fsp3) is 0.300. The van der Waals surface area contributed by atoms with Crippen LogP contribution in [-0.2, 0) is 14.3 Å². The van der Waals surface area contributed by atoms with Crippen LogP contribution in [0.2, 0.25) is 5.02 Å². The van der Waals surface area contributed by atoms with E-state index in [0.29, 0.717) is 34.6 Å². The van der Waals surface area contributed by atoms with Crippen molar-refractivity contribution in [2.24, 2.45) is 0 Å². The smallest absolute Gasteiger partial charge is 0.344 e. The van der Waals surface area contributed by atoms with Gasteiger partial charge in [0.25, 0.3) is 5.91 Å². The van der Waals surface area contributed by atoms with Gasteiger partial charge in [0.2, 0.25) is 0 Å². The van der Waals surface area contributed by atoms with Gasteiger partial charge in [0, 0.05) is 11.1 Å². The van der Waals surface area contributed by atoms with Crippen molar-refractivity contribution in [2.45, 2.75) is 13.8 Å². The maximum Gasteiger partial charge on any atom is 0.344 e. The number of amides is 1. The maximum atomic E-state index is 12.1. The molecule has 0 aliphatic heterocycles. The van der Waals surface area contributed by atoms with Crippen molar-refractivity contribution < 1.29 is 28.5 Å². The zero-order chi connectivity index (χ0) is 20.5. The normalized spacial score (nSPS) is 10.1. The minimum Gasteiger partial charge on any atom is -0.495 e. The third-order valence-corrected chi connectivity index (χ3v) is 4.02. The van der Waals surface area contributed by atoms with Crippen LogP contribution in [0.3, 0.4) is 0 Å². The van der Waals surface area contributed by atoms with Crippen LogP contribution in [0.25, 0.3) is 0 Å². The van der Waals surface area contributed by atoms with Crippen molar-refractivity contribution in [3.63, 3.8) is 0 Å². The van der Waals surface area contributed by atoms with Crippen molar-refractivity contribution in [2.75, 3.05) is 32.2 Å². The number of ether oxygens (including phenoxy) is 4. The van der Waals surface area contributed by atoms with Gasteiger partial charge >= 0.3 is 5.97 Å². The number of carbonyl (C=O) groups is 2. The second-order valence-corrected chi connectivity index (χ2v) is 6.09. The predicted octanol–water partition coefficient (Wildman–Crippen LogP) is 3.62. The van der Waals surface area contributed by atoms with Crippen LogP contribution in [0, 0.1) is 6.92 Å². The van der Waals surface area contributed by atoms with Gasteiger partial charge in [-0.1, -0.05) is 23.7 Å². The van der Waals surface area contributed by atoms with Gasteiger partial charge < -0.3 is 24.3 Å². The quantitative estimate of drug-likeness (QED) is 0.639. The number of para-hydroxylation sites is 2. The Kier molecular flexibility index (Phi) is 7.95. The molecule has 1 N–H and O–H groups in total. The minimum absolute atomic E-state index is 0.346. The summed E-state index contributed by atoms with van der Waals surface area (Å²) in [6.07, 6.45) is 0. The number of hydrogen-bond donors (Lipinski definition) is 1. The number of nitrogens with one attached hydrogen (secondary N) is 1. The summed E-state index contributed by atoms with van der Waals surface area (Å²) in [5.74, 6) is 0.169. The molecule has 0 aromatic heterocycles. The summed E-state index contributed by atoms with van der Waals surface area (Å²) >= 11 is 6.04. The summed E-state index contributed by atoms with van der Waals surface area (Å²) in [6, 6.07) is 10.3. The molecule has 0 spiro atoms. The molecular formula is C20H22ClNO6. The van der Waals surface area contributed by atoms with E-state index in [9.17, 15) is 9.59 Å². The lowest BCUT2D eigenvalue weighted by Crippen LogP contribution is -2.24. The van der Waals surface area contributed by atoms with E-state index in [-0.39, 0.29) is 6.61 Å². The summed E-state index contributed by atoms with van der Waals surface area (Å²) in [5.41, 5.74) is 1.21. The molecule has 2 aromatic carbocycles. The number of halogens is 1. The van der Waals surface area contributed by atoms with E-state index in [1.54, 1.807) is 43.3 Å². The monoisotopic (exact) mass is 407 g/mol. The third-order valence-electron chi connectivity index (χ3n) is 3.61. The van der Waals surface area contributed by atoms with Gasteiger partial charge in [-0.2, -0.15) is 0 Å². The van der Waals surface area contributed by atoms with Crippen molar-refractivity contribution in [3.05, 3.63) is 47.0 Å². The summed E-state index contributed by atoms with van der Waals surface area (Å²) in [5, 5.41) is 3.14. The van der Waals surface area contributed by atoms with E-state index < -0.39 is 18.5 Å². The van der Waals surface area contributed by atoms with E-state index >= 15 is 0 Å². The Morgan fingerprint density at radius 3 is 2.36 bits per heavy atom. The molecule has 0 bridgehead atoms. The number of aryl methyl sites for hydroxylation is 1. The van der Waals surface area contributed by atoms with E-state index in [0.717, 1.165) is 5.56 Å². The van der Waals surface area contributed by atoms with Crippen LogP contribution in [0.4, 0.5) is 5.69 Å². The molecule has 150 valence electrons. The molecule has 0 radical (unpaired) electrons. The average molecular weight is 408 g/mol. The zero-order valence-electron chi connectivity index (χ0n) is 15.9. The molecule has 0 unspecified atom stereocenters. The van der Waals surface area contributed by atoms with Crippen LogP contribution in [-0.4, -0.2) is 38.8 Å². The number of esters is 1. The van der Waals surface area contributed by atoms with Crippen molar-refractivity contribution in [1.29, 1.82) is 0 Å². The van der Waals surface area contributed by atoms with Gasteiger partial charge in [-0.15, -0.1) is 0 Å². The van der Waals surface area contributed by atoms with Crippen LogP contribution < -0.4 is 19.5 Å². The Morgan fingerprint density at radius 2 is 1.71 bits per heavy atom. The fourth-order valence-corrected chi connectivity index (χ4v) is 2.44. The predicted molar refractivity (Wildman–Crippen MR) is 105 cm³/mol. The molecule has 8 heteroatoms. The zero-order valence-corrected chi connectivity index (χ0v) is 16.7. The summed E-state index contributed by atoms with van der Waals surface area (Å²) < 4.78 is 20.9. The molecule has 0 saturated carbocycles. The second-order valence-electron chi connectivity index (χ2n) is 5.68. The number of hydrogen-bond acceptors (Lipinski definition) is 6. The molecule has 0 heterocycles. The number of rotatable bonds is 9. The number of benzene rings is 2. The SMILES string of the molecule is CCOc1ccccc1OCC(=O)OCC(=O)Nc1cc(C)c(Cl)cc1OC. The Morgan fingerprint density at radius 1 is 1.04 bits per heavy atom. The molecular weight excluding hydrogens is 386 g/mol. The lowest BCUT2D eigenvalue weighted by molar-refractivity contribution is -0.149. The van der Waals surface area contributed by atoms with E-state index in [2.05, 4.69) is 5.32 Å². The lowest BCUT2D eigenvalue weighted by Gasteiger charge is -2.13. The largest absolute Gasteiger partial charge is 0.495 e. The molecule has 0 aliphatic rings. The number of methoxy groups -OCH3 is 1. The molecule has 1 amide bonds. The highest BCUT2D eigenvalue weighted by atomic mass is 35.5. The van der Waals surface area contributed by atoms with Gasteiger partial charge in [0.15, 0.2) is 24.7 Å². The Labute approximate surface area is 168 Å². The number of anilines is 1. The standard InChI is InChI=1S/C20H22ClNO6/c1-4-26-16-7-5-6-8-17(16)27-12-20(24)28-11-19(23)22-15-9-13(2)14(21)10-18(15)25-3/h5-10H,4,11-12H2,1-3H3,(H,22,23). The van der Waals surface area contributed by atoms with Gasteiger partial charge in [-0.3, -0.25) is 4.79 Å². The third kappa shape index (κ3) is 6.06. The Balaban J connectivity index is 1.85. The molecule has 0 aliphatic carbocycles. The van der Waals surface area contributed by atoms with E-state index in [1.165, 1.54) is 7.11 Å². The van der Waals surface area contributed by atoms with Gasteiger partial charge in [0.1, 0.15) is 5.75 Å². The molecule has 2 rings (SSSR count). The first-order chi connectivity index (χ1) is 13.4.